The van der Waals surface area contributed by atoms with Gasteiger partial charge in [-0.15, -0.1) is 0 Å². The summed E-state index contributed by atoms with van der Waals surface area (Å²) in [5, 5.41) is 1.24. The molecule has 102 valence electrons. The fourth-order valence-corrected chi connectivity index (χ4v) is 2.46. The van der Waals surface area contributed by atoms with E-state index in [1.165, 1.54) is 12.2 Å². The number of para-hydroxylation sites is 1. The van der Waals surface area contributed by atoms with Gasteiger partial charge >= 0.3 is 0 Å². The fourth-order valence-electron chi connectivity index (χ4n) is 2.46. The predicted octanol–water partition coefficient (Wildman–Crippen LogP) is 2.97. The summed E-state index contributed by atoms with van der Waals surface area (Å²) < 4.78 is 0. The molecule has 0 spiro atoms. The van der Waals surface area contributed by atoms with E-state index >= 15 is 0 Å². The molecule has 1 atom stereocenters. The van der Waals surface area contributed by atoms with Crippen LogP contribution in [0.15, 0.2) is 24.3 Å². The van der Waals surface area contributed by atoms with Gasteiger partial charge in [-0.1, -0.05) is 38.3 Å². The smallest absolute Gasteiger partial charge is 0.261 e. The monoisotopic (exact) mass is 261 g/mol. The van der Waals surface area contributed by atoms with Gasteiger partial charge in [-0.2, -0.15) is 5.06 Å². The molecule has 1 aliphatic rings. The second-order valence-electron chi connectivity index (χ2n) is 4.74. The Morgan fingerprint density at radius 1 is 1.21 bits per heavy atom. The van der Waals surface area contributed by atoms with Gasteiger partial charge in [-0.25, -0.2) is 0 Å². The lowest BCUT2D eigenvalue weighted by atomic mass is 9.87. The van der Waals surface area contributed by atoms with Crippen LogP contribution in [0.5, 0.6) is 0 Å². The third-order valence-corrected chi connectivity index (χ3v) is 3.48. The fraction of sp³-hybridized carbons (Fsp3) is 0.467. The van der Waals surface area contributed by atoms with E-state index < -0.39 is 5.92 Å². The number of hydroxylamine groups is 1. The van der Waals surface area contributed by atoms with Crippen LogP contribution in [0.4, 0.5) is 5.69 Å². The summed E-state index contributed by atoms with van der Waals surface area (Å²) >= 11 is 0. The van der Waals surface area contributed by atoms with Crippen LogP contribution in [0, 0.1) is 5.92 Å². The molecule has 1 heterocycles. The molecule has 0 aliphatic carbocycles. The Kier molecular flexibility index (Phi) is 4.32. The van der Waals surface area contributed by atoms with E-state index in [0.717, 1.165) is 19.3 Å². The van der Waals surface area contributed by atoms with Crippen LogP contribution in [-0.2, 0) is 9.63 Å². The lowest BCUT2D eigenvalue weighted by molar-refractivity contribution is -0.128. The topological polar surface area (TPSA) is 46.6 Å². The van der Waals surface area contributed by atoms with Crippen LogP contribution in [0.1, 0.15) is 43.0 Å². The first-order valence-corrected chi connectivity index (χ1v) is 6.72. The molecule has 1 aromatic rings. The molecule has 1 aromatic carbocycles. The molecule has 2 rings (SSSR count). The molecule has 4 heteroatoms. The normalized spacial score (nSPS) is 18.6. The molecular weight excluding hydrogens is 242 g/mol. The Balaban J connectivity index is 2.29. The van der Waals surface area contributed by atoms with Crippen molar-refractivity contribution in [3.05, 3.63) is 29.8 Å². The summed E-state index contributed by atoms with van der Waals surface area (Å²) in [6, 6.07) is 7.09. The summed E-state index contributed by atoms with van der Waals surface area (Å²) in [5.41, 5.74) is 1.12. The maximum atomic E-state index is 12.4. The van der Waals surface area contributed by atoms with Crippen LogP contribution in [0.2, 0.25) is 0 Å². The number of rotatable bonds is 5. The molecule has 0 N–H and O–H groups in total. The number of hydrogen-bond donors (Lipinski definition) is 0. The summed E-state index contributed by atoms with van der Waals surface area (Å²) in [4.78, 5) is 29.8. The van der Waals surface area contributed by atoms with E-state index in [-0.39, 0.29) is 11.7 Å². The second kappa shape index (κ2) is 5.97. The van der Waals surface area contributed by atoms with E-state index in [2.05, 4.69) is 6.92 Å². The number of benzene rings is 1. The molecule has 0 fully saturated rings. The number of nitrogens with zero attached hydrogens (tertiary/aromatic N) is 1. The molecule has 4 nitrogen and oxygen atoms in total. The van der Waals surface area contributed by atoms with Crippen molar-refractivity contribution in [2.75, 3.05) is 12.2 Å². The number of unbranched alkanes of at least 4 members (excludes halogenated alkanes) is 2. The van der Waals surface area contributed by atoms with Crippen molar-refractivity contribution in [1.82, 2.24) is 0 Å². The zero-order valence-electron chi connectivity index (χ0n) is 11.4. The Bertz CT molecular complexity index is 484. The van der Waals surface area contributed by atoms with Gasteiger partial charge in [0.1, 0.15) is 5.92 Å². The van der Waals surface area contributed by atoms with E-state index in [9.17, 15) is 9.59 Å². The lowest BCUT2D eigenvalue weighted by Crippen LogP contribution is -2.44. The van der Waals surface area contributed by atoms with Gasteiger partial charge in [0.05, 0.1) is 12.8 Å². The minimum Gasteiger partial charge on any atom is -0.293 e. The number of anilines is 1. The average Bonchev–Trinajstić information content (AvgIpc) is 2.43. The molecule has 0 bridgehead atoms. The zero-order chi connectivity index (χ0) is 13.8. The van der Waals surface area contributed by atoms with Crippen molar-refractivity contribution in [2.24, 2.45) is 5.92 Å². The van der Waals surface area contributed by atoms with Gasteiger partial charge < -0.3 is 0 Å². The molecule has 1 aliphatic heterocycles. The molecule has 0 saturated heterocycles. The molecule has 0 saturated carbocycles. The Labute approximate surface area is 113 Å². The number of hydrogen-bond acceptors (Lipinski definition) is 3. The number of Topliss-reactive ketones (excluding diaryl/α,β-unsaturated/α-hetero) is 1. The van der Waals surface area contributed by atoms with E-state index in [1.807, 2.05) is 6.07 Å². The predicted molar refractivity (Wildman–Crippen MR) is 72.9 cm³/mol. The standard InChI is InChI=1S/C15H19NO3/c1-3-4-5-9-12-14(17)11-8-6-7-10-13(11)16(19-2)15(12)18/h6-8,10,12H,3-5,9H2,1-2H3. The second-order valence-corrected chi connectivity index (χ2v) is 4.74. The van der Waals surface area contributed by atoms with Crippen molar-refractivity contribution < 1.29 is 14.4 Å². The minimum absolute atomic E-state index is 0.0787. The van der Waals surface area contributed by atoms with Gasteiger partial charge in [-0.05, 0) is 18.6 Å². The third kappa shape index (κ3) is 2.54. The molecule has 19 heavy (non-hydrogen) atoms. The minimum atomic E-state index is -0.596. The number of ketones is 1. The van der Waals surface area contributed by atoms with Crippen molar-refractivity contribution >= 4 is 17.4 Å². The van der Waals surface area contributed by atoms with Crippen LogP contribution in [0.3, 0.4) is 0 Å². The van der Waals surface area contributed by atoms with E-state index in [4.69, 9.17) is 4.84 Å². The third-order valence-electron chi connectivity index (χ3n) is 3.48. The van der Waals surface area contributed by atoms with Gasteiger partial charge in [0, 0.05) is 5.56 Å². The van der Waals surface area contributed by atoms with Gasteiger partial charge in [0.2, 0.25) is 0 Å². The number of carbonyl (C=O) groups is 2. The Morgan fingerprint density at radius 3 is 2.63 bits per heavy atom. The van der Waals surface area contributed by atoms with Crippen LogP contribution in [0.25, 0.3) is 0 Å². The van der Waals surface area contributed by atoms with Crippen LogP contribution < -0.4 is 5.06 Å². The highest BCUT2D eigenvalue weighted by molar-refractivity contribution is 6.20. The SMILES string of the molecule is CCCCCC1C(=O)c2ccccc2N(OC)C1=O. The molecule has 1 unspecified atom stereocenters. The molecule has 1 amide bonds. The highest BCUT2D eigenvalue weighted by Gasteiger charge is 2.39. The average molecular weight is 261 g/mol. The quantitative estimate of drug-likeness (QED) is 0.604. The van der Waals surface area contributed by atoms with Crippen molar-refractivity contribution in [3.8, 4) is 0 Å². The van der Waals surface area contributed by atoms with E-state index in [1.54, 1.807) is 18.2 Å². The van der Waals surface area contributed by atoms with Crippen molar-refractivity contribution in [1.29, 1.82) is 0 Å². The maximum Gasteiger partial charge on any atom is 0.261 e. The van der Waals surface area contributed by atoms with E-state index in [0.29, 0.717) is 17.7 Å². The van der Waals surface area contributed by atoms with Crippen LogP contribution >= 0.6 is 0 Å². The maximum absolute atomic E-state index is 12.4. The van der Waals surface area contributed by atoms with Gasteiger partial charge in [-0.3, -0.25) is 14.4 Å². The highest BCUT2D eigenvalue weighted by atomic mass is 16.7. The van der Waals surface area contributed by atoms with Crippen molar-refractivity contribution in [3.63, 3.8) is 0 Å². The first kappa shape index (κ1) is 13.7. The highest BCUT2D eigenvalue weighted by Crippen LogP contribution is 2.32. The molecule has 0 radical (unpaired) electrons. The molecular formula is C15H19NO3. The summed E-state index contributed by atoms with van der Waals surface area (Å²) in [6.07, 6.45) is 3.59. The number of fused-ring (bicyclic) bond motifs is 1. The largest absolute Gasteiger partial charge is 0.293 e. The first-order valence-electron chi connectivity index (χ1n) is 6.72. The van der Waals surface area contributed by atoms with Crippen LogP contribution in [-0.4, -0.2) is 18.8 Å². The number of amides is 1. The Hall–Kier alpha value is -1.68. The summed E-state index contributed by atoms with van der Waals surface area (Å²) in [5.74, 6) is -0.922. The molecule has 0 aromatic heterocycles. The Morgan fingerprint density at radius 2 is 1.95 bits per heavy atom. The van der Waals surface area contributed by atoms with Gasteiger partial charge in [0.15, 0.2) is 5.78 Å². The van der Waals surface area contributed by atoms with Gasteiger partial charge in [0.25, 0.3) is 5.91 Å². The first-order chi connectivity index (χ1) is 9.20. The lowest BCUT2D eigenvalue weighted by Gasteiger charge is -2.31. The zero-order valence-corrected chi connectivity index (χ0v) is 11.4. The number of carbonyl (C=O) groups excluding carboxylic acids is 2. The summed E-state index contributed by atoms with van der Waals surface area (Å²) in [7, 11) is 1.45. The summed E-state index contributed by atoms with van der Waals surface area (Å²) in [6.45, 7) is 2.10. The van der Waals surface area contributed by atoms with Crippen molar-refractivity contribution in [2.45, 2.75) is 32.6 Å².